The van der Waals surface area contributed by atoms with E-state index in [0.717, 1.165) is 29.6 Å². The van der Waals surface area contributed by atoms with Crippen molar-refractivity contribution >= 4 is 45.9 Å². The van der Waals surface area contributed by atoms with Crippen LogP contribution < -0.4 is 9.62 Å². The summed E-state index contributed by atoms with van der Waals surface area (Å²) in [5.74, 6) is -0.147. The lowest BCUT2D eigenvalue weighted by molar-refractivity contribution is 0.0707. The van der Waals surface area contributed by atoms with Gasteiger partial charge in [-0.05, 0) is 66.9 Å². The highest BCUT2D eigenvalue weighted by Crippen LogP contribution is 2.42. The van der Waals surface area contributed by atoms with Gasteiger partial charge in [-0.3, -0.25) is 9.59 Å². The van der Waals surface area contributed by atoms with E-state index in [-0.39, 0.29) is 23.5 Å². The molecule has 3 aromatic heterocycles. The van der Waals surface area contributed by atoms with Gasteiger partial charge >= 0.3 is 0 Å². The highest BCUT2D eigenvalue weighted by molar-refractivity contribution is 7.99. The van der Waals surface area contributed by atoms with Crippen LogP contribution in [0, 0.1) is 5.82 Å². The summed E-state index contributed by atoms with van der Waals surface area (Å²) in [5.41, 5.74) is 5.31. The van der Waals surface area contributed by atoms with Gasteiger partial charge in [0.25, 0.3) is 11.8 Å². The highest BCUT2D eigenvalue weighted by atomic mass is 32.2. The first-order valence-electron chi connectivity index (χ1n) is 13.6. The number of aromatic nitrogens is 1. The molecule has 7 nitrogen and oxygen atoms in total. The van der Waals surface area contributed by atoms with Crippen LogP contribution >= 0.6 is 11.9 Å². The first kappa shape index (κ1) is 27.0. The van der Waals surface area contributed by atoms with Gasteiger partial charge in [0.15, 0.2) is 0 Å². The molecular formula is C32H31FN4O3S. The Labute approximate surface area is 242 Å². The number of likely N-dealkylation sites (tertiary alicyclic amines) is 1. The van der Waals surface area contributed by atoms with Crippen LogP contribution in [0.1, 0.15) is 45.0 Å². The molecule has 5 aromatic rings. The molecule has 1 atom stereocenters. The minimum Gasteiger partial charge on any atom is -0.455 e. The number of amides is 2. The topological polar surface area (TPSA) is 70.2 Å². The SMILES string of the molecule is CNC(=O)c1c(-c2ccc(F)cc2)oc2cc(N(C)SC)c([C@H]3CCCN(C(=O)c4cc5ccccn5c4)C3)cc12. The normalized spacial score (nSPS) is 15.4. The third-order valence-electron chi connectivity index (χ3n) is 7.91. The molecule has 1 aliphatic rings. The standard InChI is InChI=1S/C32H31FN4O3S/c1-34-31(38)29-26-16-25(27(35(2)41-3)17-28(26)40-30(29)20-9-11-23(33)12-10-20)21-7-6-14-37(18-21)32(39)22-15-24-8-4-5-13-36(24)19-22/h4-5,8-13,15-17,19,21H,6-7,14,18H2,1-3H3,(H,34,38)/t21-/m0/s1. The predicted molar refractivity (Wildman–Crippen MR) is 162 cm³/mol. The lowest BCUT2D eigenvalue weighted by Gasteiger charge is -2.34. The molecular weight excluding hydrogens is 539 g/mol. The molecule has 2 amide bonds. The van der Waals surface area contributed by atoms with Crippen LogP contribution in [0.5, 0.6) is 0 Å². The van der Waals surface area contributed by atoms with Gasteiger partial charge in [-0.1, -0.05) is 18.0 Å². The van der Waals surface area contributed by atoms with Crippen LogP contribution in [-0.2, 0) is 0 Å². The van der Waals surface area contributed by atoms with Crippen LogP contribution in [0.4, 0.5) is 10.1 Å². The van der Waals surface area contributed by atoms with Crippen molar-refractivity contribution in [3.8, 4) is 11.3 Å². The fourth-order valence-corrected chi connectivity index (χ4v) is 6.13. The second-order valence-electron chi connectivity index (χ2n) is 10.3. The number of halogens is 1. The fourth-order valence-electron chi connectivity index (χ4n) is 5.77. The summed E-state index contributed by atoms with van der Waals surface area (Å²) in [6.07, 6.45) is 7.63. The second kappa shape index (κ2) is 11.0. The third kappa shape index (κ3) is 4.95. The molecule has 9 heteroatoms. The van der Waals surface area contributed by atoms with Gasteiger partial charge in [0.1, 0.15) is 17.2 Å². The smallest absolute Gasteiger partial charge is 0.255 e. The van der Waals surface area contributed by atoms with Gasteiger partial charge in [-0.25, -0.2) is 4.39 Å². The van der Waals surface area contributed by atoms with Crippen LogP contribution in [0.3, 0.4) is 0 Å². The number of hydrogen-bond donors (Lipinski definition) is 1. The molecule has 1 aliphatic heterocycles. The Morgan fingerprint density at radius 1 is 1.12 bits per heavy atom. The molecule has 0 spiro atoms. The van der Waals surface area contributed by atoms with Crippen LogP contribution in [-0.4, -0.2) is 54.6 Å². The van der Waals surface area contributed by atoms with Gasteiger partial charge < -0.3 is 23.3 Å². The number of anilines is 1. The van der Waals surface area contributed by atoms with Crippen molar-refractivity contribution in [2.45, 2.75) is 18.8 Å². The molecule has 1 saturated heterocycles. The number of nitrogens with zero attached hydrogens (tertiary/aromatic N) is 3. The highest BCUT2D eigenvalue weighted by Gasteiger charge is 2.30. The molecule has 0 bridgehead atoms. The zero-order valence-electron chi connectivity index (χ0n) is 23.2. The van der Waals surface area contributed by atoms with Gasteiger partial charge in [-0.2, -0.15) is 0 Å². The van der Waals surface area contributed by atoms with Gasteiger partial charge in [0, 0.05) is 74.3 Å². The van der Waals surface area contributed by atoms with Crippen LogP contribution in [0.15, 0.2) is 77.5 Å². The van der Waals surface area contributed by atoms with Crippen LogP contribution in [0.25, 0.3) is 27.8 Å². The van der Waals surface area contributed by atoms with E-state index in [1.54, 1.807) is 31.1 Å². The Morgan fingerprint density at radius 2 is 1.93 bits per heavy atom. The molecule has 210 valence electrons. The maximum absolute atomic E-state index is 13.7. The maximum Gasteiger partial charge on any atom is 0.255 e. The van der Waals surface area contributed by atoms with E-state index in [2.05, 4.69) is 9.62 Å². The maximum atomic E-state index is 13.7. The summed E-state index contributed by atoms with van der Waals surface area (Å²) in [5, 5.41) is 3.43. The van der Waals surface area contributed by atoms with Crippen molar-refractivity contribution in [1.82, 2.24) is 14.6 Å². The van der Waals surface area contributed by atoms with Crippen molar-refractivity contribution < 1.29 is 18.4 Å². The van der Waals surface area contributed by atoms with Gasteiger partial charge in [-0.15, -0.1) is 0 Å². The Bertz CT molecular complexity index is 1730. The van der Waals surface area contributed by atoms with E-state index >= 15 is 0 Å². The fraction of sp³-hybridized carbons (Fsp3) is 0.250. The summed E-state index contributed by atoms with van der Waals surface area (Å²) in [6, 6.07) is 17.8. The van der Waals surface area contributed by atoms with Crippen molar-refractivity contribution in [2.75, 3.05) is 37.7 Å². The second-order valence-corrected chi connectivity index (χ2v) is 11.2. The number of hydrogen-bond acceptors (Lipinski definition) is 5. The molecule has 0 saturated carbocycles. The number of carbonyl (C=O) groups excluding carboxylic acids is 2. The number of rotatable bonds is 6. The number of furan rings is 1. The monoisotopic (exact) mass is 570 g/mol. The zero-order valence-corrected chi connectivity index (χ0v) is 24.0. The van der Waals surface area contributed by atoms with Gasteiger partial charge in [0.05, 0.1) is 16.8 Å². The Kier molecular flexibility index (Phi) is 7.21. The van der Waals surface area contributed by atoms with E-state index in [1.807, 2.05) is 71.4 Å². The number of pyridine rings is 1. The number of nitrogens with one attached hydrogen (secondary N) is 1. The Hall–Kier alpha value is -4.24. The van der Waals surface area contributed by atoms with E-state index in [4.69, 9.17) is 4.42 Å². The van der Waals surface area contributed by atoms with E-state index in [1.165, 1.54) is 12.1 Å². The molecule has 1 fully saturated rings. The molecule has 6 rings (SSSR count). The average molecular weight is 571 g/mol. The lowest BCUT2D eigenvalue weighted by Crippen LogP contribution is -2.39. The molecule has 0 radical (unpaired) electrons. The molecule has 41 heavy (non-hydrogen) atoms. The number of fused-ring (bicyclic) bond motifs is 2. The van der Waals surface area contributed by atoms with E-state index < -0.39 is 0 Å². The van der Waals surface area contributed by atoms with Crippen molar-refractivity contribution in [2.24, 2.45) is 0 Å². The van der Waals surface area contributed by atoms with Crippen LogP contribution in [0.2, 0.25) is 0 Å². The average Bonchev–Trinajstić information content (AvgIpc) is 3.61. The Morgan fingerprint density at radius 3 is 2.66 bits per heavy atom. The van der Waals surface area contributed by atoms with Crippen molar-refractivity contribution in [3.63, 3.8) is 0 Å². The molecule has 4 heterocycles. The van der Waals surface area contributed by atoms with Gasteiger partial charge in [0.2, 0.25) is 0 Å². The molecule has 1 N–H and O–H groups in total. The van der Waals surface area contributed by atoms with Crippen molar-refractivity contribution in [1.29, 1.82) is 0 Å². The van der Waals surface area contributed by atoms with E-state index in [9.17, 15) is 14.0 Å². The largest absolute Gasteiger partial charge is 0.455 e. The lowest BCUT2D eigenvalue weighted by atomic mass is 9.88. The number of piperidine rings is 1. The zero-order chi connectivity index (χ0) is 28.7. The quantitative estimate of drug-likeness (QED) is 0.234. The first-order chi connectivity index (χ1) is 19.9. The summed E-state index contributed by atoms with van der Waals surface area (Å²) >= 11 is 1.58. The molecule has 0 unspecified atom stereocenters. The number of benzene rings is 2. The molecule has 2 aromatic carbocycles. The third-order valence-corrected chi connectivity index (χ3v) is 8.66. The predicted octanol–water partition coefficient (Wildman–Crippen LogP) is 6.59. The Balaban J connectivity index is 1.42. The minimum absolute atomic E-state index is 0.0206. The van der Waals surface area contributed by atoms with Crippen molar-refractivity contribution in [3.05, 3.63) is 95.6 Å². The summed E-state index contributed by atoms with van der Waals surface area (Å²) in [6.45, 7) is 1.27. The molecule has 0 aliphatic carbocycles. The summed E-state index contributed by atoms with van der Waals surface area (Å²) in [4.78, 5) is 28.7. The minimum atomic E-state index is -0.359. The summed E-state index contributed by atoms with van der Waals surface area (Å²) in [7, 11) is 3.58. The number of carbonyl (C=O) groups is 2. The van der Waals surface area contributed by atoms with E-state index in [0.29, 0.717) is 46.5 Å². The summed E-state index contributed by atoms with van der Waals surface area (Å²) < 4.78 is 24.0. The first-order valence-corrected chi connectivity index (χ1v) is 14.8.